The summed E-state index contributed by atoms with van der Waals surface area (Å²) < 4.78 is 15.3. The predicted molar refractivity (Wildman–Crippen MR) is 65.9 cm³/mol. The molecule has 0 radical (unpaired) electrons. The Morgan fingerprint density at radius 1 is 1.53 bits per heavy atom. The Balaban J connectivity index is 2.49. The van der Waals surface area contributed by atoms with Crippen LogP contribution in [0.2, 0.25) is 5.02 Å². The van der Waals surface area contributed by atoms with Crippen LogP contribution >= 0.6 is 11.6 Å². The van der Waals surface area contributed by atoms with Gasteiger partial charge in [0.05, 0.1) is 16.9 Å². The third-order valence-corrected chi connectivity index (χ3v) is 2.61. The molecule has 1 aromatic carbocycles. The van der Waals surface area contributed by atoms with Crippen LogP contribution in [0, 0.1) is 5.82 Å². The number of benzene rings is 1. The molecule has 2 N–H and O–H groups in total. The molecule has 1 atom stereocenters. The molecule has 0 fully saturated rings. The van der Waals surface area contributed by atoms with Gasteiger partial charge in [-0.3, -0.25) is 0 Å². The van der Waals surface area contributed by atoms with Crippen LogP contribution in [-0.4, -0.2) is 15.8 Å². The molecule has 0 amide bonds. The first-order valence-electron chi connectivity index (χ1n) is 5.31. The van der Waals surface area contributed by atoms with E-state index < -0.39 is 0 Å². The highest BCUT2D eigenvalue weighted by molar-refractivity contribution is 6.30. The third-order valence-electron chi connectivity index (χ3n) is 2.42. The Morgan fingerprint density at radius 3 is 2.88 bits per heavy atom. The summed E-state index contributed by atoms with van der Waals surface area (Å²) in [7, 11) is 0. The van der Waals surface area contributed by atoms with Crippen LogP contribution in [-0.2, 0) is 6.42 Å². The number of rotatable bonds is 3. The Bertz CT molecular complexity index is 522. The van der Waals surface area contributed by atoms with Crippen molar-refractivity contribution in [1.82, 2.24) is 9.78 Å². The van der Waals surface area contributed by atoms with E-state index in [4.69, 9.17) is 17.3 Å². The standard InChI is InChI=1S/C12H13ClFN3/c1-8(15)5-10-11(14)3-2-4-12(10)17-7-9(13)6-16-17/h2-4,6-8H,5,15H2,1H3. The van der Waals surface area contributed by atoms with Gasteiger partial charge in [0.15, 0.2) is 0 Å². The first-order chi connectivity index (χ1) is 8.08. The maximum atomic E-state index is 13.8. The summed E-state index contributed by atoms with van der Waals surface area (Å²) >= 11 is 5.81. The Kier molecular flexibility index (Phi) is 3.45. The van der Waals surface area contributed by atoms with Crippen molar-refractivity contribution >= 4 is 11.6 Å². The maximum absolute atomic E-state index is 13.8. The SMILES string of the molecule is CC(N)Cc1c(F)cccc1-n1cc(Cl)cn1. The second-order valence-electron chi connectivity index (χ2n) is 4.02. The van der Waals surface area contributed by atoms with Crippen molar-refractivity contribution in [3.8, 4) is 5.69 Å². The molecule has 90 valence electrons. The van der Waals surface area contributed by atoms with Crippen LogP contribution in [0.25, 0.3) is 5.69 Å². The van der Waals surface area contributed by atoms with Crippen molar-refractivity contribution in [2.24, 2.45) is 5.73 Å². The molecule has 0 aliphatic rings. The highest BCUT2D eigenvalue weighted by atomic mass is 35.5. The van der Waals surface area contributed by atoms with Crippen LogP contribution in [0.5, 0.6) is 0 Å². The number of hydrogen-bond donors (Lipinski definition) is 1. The fraction of sp³-hybridized carbons (Fsp3) is 0.250. The normalized spacial score (nSPS) is 12.7. The zero-order valence-corrected chi connectivity index (χ0v) is 10.2. The average Bonchev–Trinajstić information content (AvgIpc) is 2.67. The number of aromatic nitrogens is 2. The minimum Gasteiger partial charge on any atom is -0.328 e. The minimum absolute atomic E-state index is 0.114. The average molecular weight is 254 g/mol. The molecule has 1 unspecified atom stereocenters. The molecule has 17 heavy (non-hydrogen) atoms. The van der Waals surface area contributed by atoms with Gasteiger partial charge in [0, 0.05) is 17.8 Å². The van der Waals surface area contributed by atoms with E-state index in [2.05, 4.69) is 5.10 Å². The van der Waals surface area contributed by atoms with Crippen molar-refractivity contribution in [3.63, 3.8) is 0 Å². The molecule has 2 rings (SSSR count). The second kappa shape index (κ2) is 4.85. The minimum atomic E-state index is -0.272. The first kappa shape index (κ1) is 12.1. The zero-order valence-electron chi connectivity index (χ0n) is 9.40. The molecule has 0 saturated heterocycles. The van der Waals surface area contributed by atoms with E-state index in [1.165, 1.54) is 12.3 Å². The number of hydrogen-bond acceptors (Lipinski definition) is 2. The number of nitrogens with zero attached hydrogens (tertiary/aromatic N) is 2. The molecule has 5 heteroatoms. The highest BCUT2D eigenvalue weighted by Crippen LogP contribution is 2.20. The first-order valence-corrected chi connectivity index (χ1v) is 5.69. The summed E-state index contributed by atoms with van der Waals surface area (Å²) in [6.45, 7) is 1.84. The van der Waals surface area contributed by atoms with Gasteiger partial charge in [-0.1, -0.05) is 17.7 Å². The second-order valence-corrected chi connectivity index (χ2v) is 4.46. The summed E-state index contributed by atoms with van der Waals surface area (Å²) in [5, 5.41) is 4.59. The lowest BCUT2D eigenvalue weighted by atomic mass is 10.0. The van der Waals surface area contributed by atoms with Gasteiger partial charge in [-0.2, -0.15) is 5.10 Å². The fourth-order valence-corrected chi connectivity index (χ4v) is 1.85. The summed E-state index contributed by atoms with van der Waals surface area (Å²) in [6.07, 6.45) is 3.61. The maximum Gasteiger partial charge on any atom is 0.128 e. The molecule has 0 spiro atoms. The summed E-state index contributed by atoms with van der Waals surface area (Å²) in [6, 6.07) is 4.75. The predicted octanol–water partition coefficient (Wildman–Crippen LogP) is 2.55. The van der Waals surface area contributed by atoms with Gasteiger partial charge in [0.2, 0.25) is 0 Å². The molecule has 1 heterocycles. The molecule has 0 bridgehead atoms. The van der Waals surface area contributed by atoms with Gasteiger partial charge in [-0.15, -0.1) is 0 Å². The third kappa shape index (κ3) is 2.65. The van der Waals surface area contributed by atoms with Crippen LogP contribution < -0.4 is 5.73 Å². The molecular formula is C12H13ClFN3. The smallest absolute Gasteiger partial charge is 0.128 e. The lowest BCUT2D eigenvalue weighted by Crippen LogP contribution is -2.20. The molecule has 2 aromatic rings. The van der Waals surface area contributed by atoms with E-state index in [1.54, 1.807) is 23.0 Å². The quantitative estimate of drug-likeness (QED) is 0.914. The van der Waals surface area contributed by atoms with Crippen molar-refractivity contribution in [2.75, 3.05) is 0 Å². The van der Waals surface area contributed by atoms with Crippen molar-refractivity contribution < 1.29 is 4.39 Å². The lowest BCUT2D eigenvalue weighted by molar-refractivity contribution is 0.592. The Morgan fingerprint density at radius 2 is 2.29 bits per heavy atom. The van der Waals surface area contributed by atoms with Gasteiger partial charge in [0.1, 0.15) is 5.82 Å². The number of halogens is 2. The summed E-state index contributed by atoms with van der Waals surface area (Å²) in [4.78, 5) is 0. The van der Waals surface area contributed by atoms with E-state index in [0.717, 1.165) is 0 Å². The van der Waals surface area contributed by atoms with Crippen molar-refractivity contribution in [2.45, 2.75) is 19.4 Å². The molecular weight excluding hydrogens is 241 g/mol. The molecule has 3 nitrogen and oxygen atoms in total. The fourth-order valence-electron chi connectivity index (χ4n) is 1.72. The van der Waals surface area contributed by atoms with Gasteiger partial charge in [-0.25, -0.2) is 9.07 Å². The molecule has 0 saturated carbocycles. The number of nitrogens with two attached hydrogens (primary N) is 1. The highest BCUT2D eigenvalue weighted by Gasteiger charge is 2.12. The van der Waals surface area contributed by atoms with Crippen molar-refractivity contribution in [3.05, 3.63) is 47.0 Å². The Labute approximate surface area is 104 Å². The topological polar surface area (TPSA) is 43.8 Å². The van der Waals surface area contributed by atoms with Crippen molar-refractivity contribution in [1.29, 1.82) is 0 Å². The lowest BCUT2D eigenvalue weighted by Gasteiger charge is -2.12. The van der Waals surface area contributed by atoms with E-state index in [0.29, 0.717) is 22.7 Å². The molecule has 0 aliphatic carbocycles. The molecule has 1 aromatic heterocycles. The van der Waals surface area contributed by atoms with Crippen LogP contribution in [0.15, 0.2) is 30.6 Å². The summed E-state index contributed by atoms with van der Waals surface area (Å²) in [5.41, 5.74) is 6.96. The van der Waals surface area contributed by atoms with Gasteiger partial charge in [-0.05, 0) is 25.5 Å². The van der Waals surface area contributed by atoms with Crippen LogP contribution in [0.1, 0.15) is 12.5 Å². The van der Waals surface area contributed by atoms with E-state index in [1.807, 2.05) is 6.92 Å². The van der Waals surface area contributed by atoms with Gasteiger partial charge in [0.25, 0.3) is 0 Å². The van der Waals surface area contributed by atoms with Gasteiger partial charge < -0.3 is 5.73 Å². The van der Waals surface area contributed by atoms with Crippen LogP contribution in [0.4, 0.5) is 4.39 Å². The van der Waals surface area contributed by atoms with Crippen LogP contribution in [0.3, 0.4) is 0 Å². The monoisotopic (exact) mass is 253 g/mol. The van der Waals surface area contributed by atoms with Gasteiger partial charge >= 0.3 is 0 Å². The van der Waals surface area contributed by atoms with E-state index in [9.17, 15) is 4.39 Å². The van der Waals surface area contributed by atoms with E-state index >= 15 is 0 Å². The largest absolute Gasteiger partial charge is 0.328 e. The molecule has 0 aliphatic heterocycles. The zero-order chi connectivity index (χ0) is 12.4. The summed E-state index contributed by atoms with van der Waals surface area (Å²) in [5.74, 6) is -0.272. The van der Waals surface area contributed by atoms with E-state index in [-0.39, 0.29) is 11.9 Å². The Hall–Kier alpha value is -1.39.